The zero-order valence-corrected chi connectivity index (χ0v) is 7.12. The molecule has 0 atom stereocenters. The Bertz CT molecular complexity index is 328. The van der Waals surface area contributed by atoms with Crippen molar-refractivity contribution in [1.29, 1.82) is 5.26 Å². The maximum absolute atomic E-state index is 8.66. The highest BCUT2D eigenvalue weighted by molar-refractivity contribution is 5.68. The average molecular weight is 177 g/mol. The summed E-state index contributed by atoms with van der Waals surface area (Å²) in [6, 6.07) is 3.55. The van der Waals surface area contributed by atoms with Gasteiger partial charge in [-0.1, -0.05) is 0 Å². The summed E-state index contributed by atoms with van der Waals surface area (Å²) in [5, 5.41) is 11.6. The van der Waals surface area contributed by atoms with E-state index in [-0.39, 0.29) is 0 Å². The first kappa shape index (κ1) is 9.29. The number of aromatic nitrogens is 1. The van der Waals surface area contributed by atoms with Crippen LogP contribution in [0.25, 0.3) is 0 Å². The lowest BCUT2D eigenvalue weighted by atomic mass is 10.2. The molecule has 5 heteroatoms. The summed E-state index contributed by atoms with van der Waals surface area (Å²) in [6.07, 6.45) is 1.54. The smallest absolute Gasteiger partial charge is 0.150 e. The number of nitrogen functional groups attached to an aromatic ring is 1. The van der Waals surface area contributed by atoms with Gasteiger partial charge in [0.15, 0.2) is 5.82 Å². The molecular weight excluding hydrogens is 166 g/mol. The normalized spacial score (nSPS) is 9.23. The summed E-state index contributed by atoms with van der Waals surface area (Å²) in [5.74, 6) is 0.518. The van der Waals surface area contributed by atoms with Gasteiger partial charge in [-0.25, -0.2) is 4.98 Å². The standard InChI is InChI=1S/C8H11N5/c9-2-4-13-8-7(11)6(5-10)1-3-12-8/h1,3H,2,4,9,11H2,(H,12,13). The number of nitrogens with zero attached hydrogens (tertiary/aromatic N) is 2. The summed E-state index contributed by atoms with van der Waals surface area (Å²) in [4.78, 5) is 3.98. The summed E-state index contributed by atoms with van der Waals surface area (Å²) in [5.41, 5.74) is 11.7. The van der Waals surface area contributed by atoms with Crippen LogP contribution >= 0.6 is 0 Å². The van der Waals surface area contributed by atoms with Crippen LogP contribution in [0.4, 0.5) is 11.5 Å². The van der Waals surface area contributed by atoms with Crippen LogP contribution in [0.1, 0.15) is 5.56 Å². The van der Waals surface area contributed by atoms with Crippen LogP contribution in [-0.2, 0) is 0 Å². The van der Waals surface area contributed by atoms with E-state index in [9.17, 15) is 0 Å². The van der Waals surface area contributed by atoms with Gasteiger partial charge in [-0.2, -0.15) is 5.26 Å². The van der Waals surface area contributed by atoms with Crippen LogP contribution in [0.15, 0.2) is 12.3 Å². The number of anilines is 2. The van der Waals surface area contributed by atoms with Gasteiger partial charge in [0.1, 0.15) is 6.07 Å². The predicted molar refractivity (Wildman–Crippen MR) is 50.9 cm³/mol. The lowest BCUT2D eigenvalue weighted by Gasteiger charge is -2.06. The Balaban J connectivity index is 2.90. The molecule has 0 aliphatic carbocycles. The summed E-state index contributed by atoms with van der Waals surface area (Å²) in [7, 11) is 0. The van der Waals surface area contributed by atoms with E-state index in [2.05, 4.69) is 10.3 Å². The van der Waals surface area contributed by atoms with E-state index >= 15 is 0 Å². The third-order valence-corrected chi connectivity index (χ3v) is 1.55. The number of nitriles is 1. The molecule has 1 rings (SSSR count). The topological polar surface area (TPSA) is 101 Å². The van der Waals surface area contributed by atoms with Gasteiger partial charge in [-0.3, -0.25) is 0 Å². The first-order valence-electron chi connectivity index (χ1n) is 3.88. The molecule has 5 N–H and O–H groups in total. The quantitative estimate of drug-likeness (QED) is 0.598. The summed E-state index contributed by atoms with van der Waals surface area (Å²) >= 11 is 0. The van der Waals surface area contributed by atoms with Crippen LogP contribution < -0.4 is 16.8 Å². The molecule has 0 spiro atoms. The van der Waals surface area contributed by atoms with Gasteiger partial charge in [0, 0.05) is 19.3 Å². The highest BCUT2D eigenvalue weighted by Crippen LogP contribution is 2.18. The van der Waals surface area contributed by atoms with Crippen molar-refractivity contribution in [2.75, 3.05) is 24.1 Å². The second-order valence-corrected chi connectivity index (χ2v) is 2.45. The molecule has 1 aromatic heterocycles. The SMILES string of the molecule is N#Cc1ccnc(NCCN)c1N. The molecule has 0 fully saturated rings. The molecule has 0 unspecified atom stereocenters. The Morgan fingerprint density at radius 2 is 2.38 bits per heavy atom. The minimum absolute atomic E-state index is 0.374. The molecule has 68 valence electrons. The third kappa shape index (κ3) is 2.07. The monoisotopic (exact) mass is 177 g/mol. The van der Waals surface area contributed by atoms with Gasteiger partial charge in [-0.15, -0.1) is 0 Å². The minimum Gasteiger partial charge on any atom is -0.395 e. The molecule has 13 heavy (non-hydrogen) atoms. The predicted octanol–water partition coefficient (Wildman–Crippen LogP) is -0.0939. The Morgan fingerprint density at radius 1 is 1.62 bits per heavy atom. The Labute approximate surface area is 76.4 Å². The van der Waals surface area contributed by atoms with E-state index in [1.807, 2.05) is 6.07 Å². The first-order valence-corrected chi connectivity index (χ1v) is 3.88. The zero-order valence-electron chi connectivity index (χ0n) is 7.12. The molecule has 1 heterocycles. The van der Waals surface area contributed by atoms with Gasteiger partial charge in [-0.05, 0) is 6.07 Å². The molecule has 0 saturated heterocycles. The summed E-state index contributed by atoms with van der Waals surface area (Å²) < 4.78 is 0. The largest absolute Gasteiger partial charge is 0.395 e. The fourth-order valence-corrected chi connectivity index (χ4v) is 0.902. The second kappa shape index (κ2) is 4.28. The summed E-state index contributed by atoms with van der Waals surface area (Å²) in [6.45, 7) is 1.09. The lowest BCUT2D eigenvalue weighted by Crippen LogP contribution is -2.15. The van der Waals surface area contributed by atoms with Crippen molar-refractivity contribution < 1.29 is 0 Å². The molecule has 0 aliphatic rings. The van der Waals surface area contributed by atoms with Crippen molar-refractivity contribution in [1.82, 2.24) is 4.98 Å². The van der Waals surface area contributed by atoms with Gasteiger partial charge in [0.05, 0.1) is 11.3 Å². The number of pyridine rings is 1. The first-order chi connectivity index (χ1) is 6.29. The van der Waals surface area contributed by atoms with Crippen LogP contribution in [0, 0.1) is 11.3 Å². The van der Waals surface area contributed by atoms with E-state index in [1.165, 1.54) is 6.20 Å². The molecular formula is C8H11N5. The van der Waals surface area contributed by atoms with E-state index < -0.39 is 0 Å². The molecule has 0 aliphatic heterocycles. The minimum atomic E-state index is 0.374. The number of nitrogens with two attached hydrogens (primary N) is 2. The van der Waals surface area contributed by atoms with E-state index in [0.29, 0.717) is 30.2 Å². The second-order valence-electron chi connectivity index (χ2n) is 2.45. The highest BCUT2D eigenvalue weighted by atomic mass is 15.0. The molecule has 1 aromatic rings. The number of rotatable bonds is 3. The van der Waals surface area contributed by atoms with Crippen molar-refractivity contribution in [3.05, 3.63) is 17.8 Å². The molecule has 0 bridgehead atoms. The maximum atomic E-state index is 8.66. The van der Waals surface area contributed by atoms with Gasteiger partial charge >= 0.3 is 0 Å². The maximum Gasteiger partial charge on any atom is 0.150 e. The average Bonchev–Trinajstić information content (AvgIpc) is 2.16. The van der Waals surface area contributed by atoms with Crippen LogP contribution in [0.5, 0.6) is 0 Å². The fourth-order valence-electron chi connectivity index (χ4n) is 0.902. The third-order valence-electron chi connectivity index (χ3n) is 1.55. The van der Waals surface area contributed by atoms with E-state index in [0.717, 1.165) is 0 Å². The van der Waals surface area contributed by atoms with Crippen LogP contribution in [-0.4, -0.2) is 18.1 Å². The fraction of sp³-hybridized carbons (Fsp3) is 0.250. The molecule has 0 aromatic carbocycles. The van der Waals surface area contributed by atoms with Gasteiger partial charge in [0.25, 0.3) is 0 Å². The van der Waals surface area contributed by atoms with E-state index in [4.69, 9.17) is 16.7 Å². The zero-order chi connectivity index (χ0) is 9.68. The van der Waals surface area contributed by atoms with Crippen molar-refractivity contribution in [3.8, 4) is 6.07 Å². The molecule has 0 amide bonds. The van der Waals surface area contributed by atoms with Gasteiger partial charge in [0.2, 0.25) is 0 Å². The Kier molecular flexibility index (Phi) is 3.06. The molecule has 0 radical (unpaired) electrons. The Morgan fingerprint density at radius 3 is 3.00 bits per heavy atom. The Hall–Kier alpha value is -1.80. The van der Waals surface area contributed by atoms with Crippen molar-refractivity contribution >= 4 is 11.5 Å². The lowest BCUT2D eigenvalue weighted by molar-refractivity contribution is 1.01. The number of hydrogen-bond acceptors (Lipinski definition) is 5. The van der Waals surface area contributed by atoms with Crippen LogP contribution in [0.2, 0.25) is 0 Å². The van der Waals surface area contributed by atoms with Crippen molar-refractivity contribution in [3.63, 3.8) is 0 Å². The highest BCUT2D eigenvalue weighted by Gasteiger charge is 2.03. The number of nitrogens with one attached hydrogen (secondary N) is 1. The van der Waals surface area contributed by atoms with E-state index in [1.54, 1.807) is 6.07 Å². The van der Waals surface area contributed by atoms with Crippen LogP contribution in [0.3, 0.4) is 0 Å². The van der Waals surface area contributed by atoms with Crippen molar-refractivity contribution in [2.45, 2.75) is 0 Å². The number of hydrogen-bond donors (Lipinski definition) is 3. The van der Waals surface area contributed by atoms with Crippen molar-refractivity contribution in [2.24, 2.45) is 5.73 Å². The molecule has 5 nitrogen and oxygen atoms in total. The van der Waals surface area contributed by atoms with Gasteiger partial charge < -0.3 is 16.8 Å². The molecule has 0 saturated carbocycles.